The first-order valence-electron chi connectivity index (χ1n) is 4.49. The lowest BCUT2D eigenvalue weighted by Gasteiger charge is -2.25. The van der Waals surface area contributed by atoms with Gasteiger partial charge in [0, 0.05) is 13.0 Å². The van der Waals surface area contributed by atoms with Gasteiger partial charge < -0.3 is 9.84 Å². The van der Waals surface area contributed by atoms with Crippen molar-refractivity contribution in [1.29, 1.82) is 0 Å². The summed E-state index contributed by atoms with van der Waals surface area (Å²) in [5.74, 6) is 0.848. The summed E-state index contributed by atoms with van der Waals surface area (Å²) in [5.41, 5.74) is -0.296. The minimum absolute atomic E-state index is 0.153. The monoisotopic (exact) mass is 180 g/mol. The fourth-order valence-corrected chi connectivity index (χ4v) is 1.13. The molecule has 0 heterocycles. The predicted octanol–water partition coefficient (Wildman–Crippen LogP) is 2.23. The molecule has 0 unspecified atom stereocenters. The van der Waals surface area contributed by atoms with E-state index in [2.05, 4.69) is 0 Å². The van der Waals surface area contributed by atoms with Crippen LogP contribution in [0.3, 0.4) is 0 Å². The molecule has 0 aliphatic heterocycles. The quantitative estimate of drug-likeness (QED) is 0.770. The van der Waals surface area contributed by atoms with Crippen LogP contribution in [0.4, 0.5) is 0 Å². The van der Waals surface area contributed by atoms with E-state index in [1.165, 1.54) is 0 Å². The van der Waals surface area contributed by atoms with Gasteiger partial charge in [-0.15, -0.1) is 0 Å². The fourth-order valence-electron chi connectivity index (χ4n) is 1.13. The molecule has 1 N–H and O–H groups in total. The maximum atomic E-state index is 8.80. The number of hydrogen-bond acceptors (Lipinski definition) is 2. The van der Waals surface area contributed by atoms with E-state index in [-0.39, 0.29) is 12.2 Å². The first-order valence-corrected chi connectivity index (χ1v) is 4.49. The molecule has 0 aromatic heterocycles. The first kappa shape index (κ1) is 10.1. The summed E-state index contributed by atoms with van der Waals surface area (Å²) < 4.78 is 5.68. The van der Waals surface area contributed by atoms with E-state index in [0.29, 0.717) is 6.42 Å². The summed E-state index contributed by atoms with van der Waals surface area (Å²) in [4.78, 5) is 0. The second-order valence-corrected chi connectivity index (χ2v) is 3.65. The van der Waals surface area contributed by atoms with Gasteiger partial charge in [0.05, 0.1) is 0 Å². The summed E-state index contributed by atoms with van der Waals surface area (Å²) in [6, 6.07) is 9.65. The molecule has 0 fully saturated rings. The highest BCUT2D eigenvalue weighted by atomic mass is 16.5. The van der Waals surface area contributed by atoms with E-state index < -0.39 is 0 Å². The molecule has 0 spiro atoms. The van der Waals surface area contributed by atoms with Gasteiger partial charge in [0.2, 0.25) is 0 Å². The Hall–Kier alpha value is -1.02. The lowest BCUT2D eigenvalue weighted by molar-refractivity contribution is 0.0765. The molecular weight excluding hydrogens is 164 g/mol. The molecule has 0 atom stereocenters. The average molecular weight is 180 g/mol. The van der Waals surface area contributed by atoms with Crippen LogP contribution in [0.25, 0.3) is 0 Å². The summed E-state index contributed by atoms with van der Waals surface area (Å²) in [6.45, 7) is 4.09. The van der Waals surface area contributed by atoms with Crippen LogP contribution < -0.4 is 4.74 Å². The Kier molecular flexibility index (Phi) is 3.32. The van der Waals surface area contributed by atoms with Crippen molar-refractivity contribution in [3.05, 3.63) is 30.3 Å². The summed E-state index contributed by atoms with van der Waals surface area (Å²) in [6.07, 6.45) is 0.641. The summed E-state index contributed by atoms with van der Waals surface area (Å²) in [7, 11) is 0. The fraction of sp³-hybridized carbons (Fsp3) is 0.455. The largest absolute Gasteiger partial charge is 0.488 e. The average Bonchev–Trinajstić information content (AvgIpc) is 2.04. The van der Waals surface area contributed by atoms with Crippen LogP contribution in [0.1, 0.15) is 20.3 Å². The van der Waals surface area contributed by atoms with Crippen LogP contribution in [-0.4, -0.2) is 17.3 Å². The minimum Gasteiger partial charge on any atom is -0.488 e. The third-order valence-electron chi connectivity index (χ3n) is 1.85. The van der Waals surface area contributed by atoms with E-state index >= 15 is 0 Å². The molecule has 2 nitrogen and oxygen atoms in total. The number of ether oxygens (including phenoxy) is 1. The highest BCUT2D eigenvalue weighted by molar-refractivity contribution is 5.21. The van der Waals surface area contributed by atoms with E-state index in [1.54, 1.807) is 0 Å². The second kappa shape index (κ2) is 4.28. The standard InChI is InChI=1S/C11H16O2/c1-11(2,8-9-12)13-10-6-4-3-5-7-10/h3-7,12H,8-9H2,1-2H3. The van der Waals surface area contributed by atoms with Crippen molar-refractivity contribution in [3.8, 4) is 5.75 Å². The normalized spacial score (nSPS) is 11.3. The Bertz CT molecular complexity index is 242. The van der Waals surface area contributed by atoms with E-state index in [4.69, 9.17) is 9.84 Å². The van der Waals surface area contributed by atoms with Crippen LogP contribution in [0, 0.1) is 0 Å². The van der Waals surface area contributed by atoms with Gasteiger partial charge in [0.25, 0.3) is 0 Å². The Morgan fingerprint density at radius 2 is 1.85 bits per heavy atom. The number of rotatable bonds is 4. The highest BCUT2D eigenvalue weighted by Gasteiger charge is 2.18. The Balaban J connectivity index is 2.58. The number of benzene rings is 1. The van der Waals surface area contributed by atoms with Crippen molar-refractivity contribution in [2.45, 2.75) is 25.9 Å². The third kappa shape index (κ3) is 3.47. The molecule has 1 rings (SSSR count). The van der Waals surface area contributed by atoms with Gasteiger partial charge in [0.15, 0.2) is 0 Å². The molecule has 0 saturated heterocycles. The summed E-state index contributed by atoms with van der Waals surface area (Å²) in [5, 5.41) is 8.80. The van der Waals surface area contributed by atoms with Crippen molar-refractivity contribution in [1.82, 2.24) is 0 Å². The van der Waals surface area contributed by atoms with Crippen LogP contribution >= 0.6 is 0 Å². The Morgan fingerprint density at radius 1 is 1.23 bits per heavy atom. The van der Waals surface area contributed by atoms with Crippen molar-refractivity contribution < 1.29 is 9.84 Å². The molecule has 0 amide bonds. The van der Waals surface area contributed by atoms with Crippen molar-refractivity contribution in [2.24, 2.45) is 0 Å². The Labute approximate surface area is 79.2 Å². The maximum absolute atomic E-state index is 8.80. The van der Waals surface area contributed by atoms with Gasteiger partial charge >= 0.3 is 0 Å². The van der Waals surface area contributed by atoms with Crippen LogP contribution in [0.5, 0.6) is 5.75 Å². The number of para-hydroxylation sites is 1. The zero-order chi connectivity index (χ0) is 9.73. The number of hydrogen-bond donors (Lipinski definition) is 1. The first-order chi connectivity index (χ1) is 6.14. The molecule has 0 radical (unpaired) electrons. The van der Waals surface area contributed by atoms with Crippen LogP contribution in [0.15, 0.2) is 30.3 Å². The van der Waals surface area contributed by atoms with Crippen LogP contribution in [-0.2, 0) is 0 Å². The second-order valence-electron chi connectivity index (χ2n) is 3.65. The smallest absolute Gasteiger partial charge is 0.120 e. The zero-order valence-corrected chi connectivity index (χ0v) is 8.16. The topological polar surface area (TPSA) is 29.5 Å². The van der Waals surface area contributed by atoms with Gasteiger partial charge in [0.1, 0.15) is 11.4 Å². The molecule has 1 aromatic rings. The Morgan fingerprint density at radius 3 is 2.38 bits per heavy atom. The molecule has 72 valence electrons. The number of aliphatic hydroxyl groups is 1. The van der Waals surface area contributed by atoms with Crippen LogP contribution in [0.2, 0.25) is 0 Å². The van der Waals surface area contributed by atoms with Gasteiger partial charge in [-0.1, -0.05) is 18.2 Å². The van der Waals surface area contributed by atoms with Crippen molar-refractivity contribution in [2.75, 3.05) is 6.61 Å². The van der Waals surface area contributed by atoms with Gasteiger partial charge in [-0.25, -0.2) is 0 Å². The SMILES string of the molecule is CC(C)(CCO)Oc1ccccc1. The van der Waals surface area contributed by atoms with E-state index in [9.17, 15) is 0 Å². The van der Waals surface area contributed by atoms with Gasteiger partial charge in [-0.05, 0) is 26.0 Å². The third-order valence-corrected chi connectivity index (χ3v) is 1.85. The molecule has 0 aliphatic rings. The predicted molar refractivity (Wildman–Crippen MR) is 52.9 cm³/mol. The van der Waals surface area contributed by atoms with E-state index in [0.717, 1.165) is 5.75 Å². The lowest BCUT2D eigenvalue weighted by atomic mass is 10.1. The lowest BCUT2D eigenvalue weighted by Crippen LogP contribution is -2.29. The molecule has 1 aromatic carbocycles. The molecule has 0 saturated carbocycles. The maximum Gasteiger partial charge on any atom is 0.120 e. The molecule has 0 bridgehead atoms. The molecule has 0 aliphatic carbocycles. The van der Waals surface area contributed by atoms with Gasteiger partial charge in [-0.3, -0.25) is 0 Å². The molecule has 13 heavy (non-hydrogen) atoms. The molecular formula is C11H16O2. The van der Waals surface area contributed by atoms with Crippen molar-refractivity contribution >= 4 is 0 Å². The minimum atomic E-state index is -0.296. The molecule has 2 heteroatoms. The van der Waals surface area contributed by atoms with Gasteiger partial charge in [-0.2, -0.15) is 0 Å². The zero-order valence-electron chi connectivity index (χ0n) is 8.16. The summed E-state index contributed by atoms with van der Waals surface area (Å²) >= 11 is 0. The van der Waals surface area contributed by atoms with E-state index in [1.807, 2.05) is 44.2 Å². The highest BCUT2D eigenvalue weighted by Crippen LogP contribution is 2.19. The van der Waals surface area contributed by atoms with Crippen molar-refractivity contribution in [3.63, 3.8) is 0 Å². The number of aliphatic hydroxyl groups excluding tert-OH is 1.